The molecule has 0 bridgehead atoms. The van der Waals surface area contributed by atoms with Gasteiger partial charge in [-0.1, -0.05) is 20.8 Å². The highest BCUT2D eigenvalue weighted by Gasteiger charge is 2.19. The Labute approximate surface area is 122 Å². The lowest BCUT2D eigenvalue weighted by Gasteiger charge is -2.35. The minimum Gasteiger partial charge on any atom is -0.338 e. The second kappa shape index (κ2) is 7.55. The molecule has 0 atom stereocenters. The number of piperazine rings is 1. The Balaban J connectivity index is 1.84. The van der Waals surface area contributed by atoms with E-state index in [9.17, 15) is 0 Å². The van der Waals surface area contributed by atoms with Gasteiger partial charge in [-0.3, -0.25) is 4.90 Å². The first-order valence-electron chi connectivity index (χ1n) is 7.68. The van der Waals surface area contributed by atoms with Gasteiger partial charge in [0.05, 0.1) is 0 Å². The van der Waals surface area contributed by atoms with Crippen LogP contribution >= 0.6 is 0 Å². The maximum atomic E-state index is 4.50. The second-order valence-corrected chi connectivity index (χ2v) is 5.85. The van der Waals surface area contributed by atoms with Crippen LogP contribution in [0.2, 0.25) is 0 Å². The van der Waals surface area contributed by atoms with Gasteiger partial charge in [0.1, 0.15) is 0 Å². The second-order valence-electron chi connectivity index (χ2n) is 5.85. The summed E-state index contributed by atoms with van der Waals surface area (Å²) < 4.78 is 0. The Morgan fingerprint density at radius 3 is 2.35 bits per heavy atom. The number of nitrogens with one attached hydrogen (secondary N) is 1. The number of hydrogen-bond acceptors (Lipinski definition) is 5. The van der Waals surface area contributed by atoms with Gasteiger partial charge in [-0.2, -0.15) is 0 Å². The van der Waals surface area contributed by atoms with E-state index < -0.39 is 0 Å². The predicted molar refractivity (Wildman–Crippen MR) is 82.9 cm³/mol. The van der Waals surface area contributed by atoms with E-state index in [0.29, 0.717) is 0 Å². The Hall–Kier alpha value is -1.20. The van der Waals surface area contributed by atoms with Gasteiger partial charge in [-0.15, -0.1) is 0 Å². The van der Waals surface area contributed by atoms with Crippen molar-refractivity contribution in [2.75, 3.05) is 44.2 Å². The molecule has 5 nitrogen and oxygen atoms in total. The zero-order chi connectivity index (χ0) is 14.4. The van der Waals surface area contributed by atoms with Crippen molar-refractivity contribution in [3.05, 3.63) is 18.0 Å². The number of hydrogen-bond donors (Lipinski definition) is 1. The highest BCUT2D eigenvalue weighted by molar-refractivity contribution is 5.30. The largest absolute Gasteiger partial charge is 0.338 e. The molecular formula is C15H27N5. The zero-order valence-corrected chi connectivity index (χ0v) is 13.0. The summed E-state index contributed by atoms with van der Waals surface area (Å²) >= 11 is 0. The SMILES string of the molecule is CCNCc1cnc(N2CCN(CC(C)C)CC2)nc1. The van der Waals surface area contributed by atoms with E-state index in [2.05, 4.69) is 45.9 Å². The summed E-state index contributed by atoms with van der Waals surface area (Å²) in [5, 5.41) is 3.29. The lowest BCUT2D eigenvalue weighted by Crippen LogP contribution is -2.48. The third-order valence-corrected chi connectivity index (χ3v) is 3.55. The van der Waals surface area contributed by atoms with Crippen molar-refractivity contribution >= 4 is 5.95 Å². The zero-order valence-electron chi connectivity index (χ0n) is 13.0. The normalized spacial score (nSPS) is 16.9. The van der Waals surface area contributed by atoms with Crippen LogP contribution in [-0.2, 0) is 6.54 Å². The number of aromatic nitrogens is 2. The number of anilines is 1. The molecule has 1 aliphatic rings. The van der Waals surface area contributed by atoms with Crippen LogP contribution in [0.5, 0.6) is 0 Å². The van der Waals surface area contributed by atoms with Crippen molar-refractivity contribution in [2.45, 2.75) is 27.3 Å². The van der Waals surface area contributed by atoms with Crippen molar-refractivity contribution in [3.63, 3.8) is 0 Å². The molecule has 20 heavy (non-hydrogen) atoms. The minimum absolute atomic E-state index is 0.739. The summed E-state index contributed by atoms with van der Waals surface area (Å²) in [7, 11) is 0. The first-order chi connectivity index (χ1) is 9.69. The fourth-order valence-corrected chi connectivity index (χ4v) is 2.52. The van der Waals surface area contributed by atoms with E-state index in [-0.39, 0.29) is 0 Å². The van der Waals surface area contributed by atoms with Gasteiger partial charge in [-0.05, 0) is 12.5 Å². The lowest BCUT2D eigenvalue weighted by atomic mass is 10.2. The number of nitrogens with zero attached hydrogens (tertiary/aromatic N) is 4. The third kappa shape index (κ3) is 4.42. The molecule has 1 aromatic heterocycles. The van der Waals surface area contributed by atoms with Crippen LogP contribution in [0.15, 0.2) is 12.4 Å². The molecule has 112 valence electrons. The van der Waals surface area contributed by atoms with Crippen molar-refractivity contribution in [2.24, 2.45) is 5.92 Å². The molecule has 0 aromatic carbocycles. The van der Waals surface area contributed by atoms with Gasteiger partial charge in [0, 0.05) is 57.2 Å². The summed E-state index contributed by atoms with van der Waals surface area (Å²) in [4.78, 5) is 13.8. The predicted octanol–water partition coefficient (Wildman–Crippen LogP) is 1.36. The molecule has 2 rings (SSSR count). The average molecular weight is 277 g/mol. The van der Waals surface area contributed by atoms with Crippen LogP contribution < -0.4 is 10.2 Å². The van der Waals surface area contributed by atoms with E-state index in [1.807, 2.05) is 12.4 Å². The fraction of sp³-hybridized carbons (Fsp3) is 0.733. The highest BCUT2D eigenvalue weighted by atomic mass is 15.3. The molecule has 0 amide bonds. The van der Waals surface area contributed by atoms with Crippen LogP contribution in [-0.4, -0.2) is 54.1 Å². The molecule has 1 N–H and O–H groups in total. The Kier molecular flexibility index (Phi) is 5.73. The van der Waals surface area contributed by atoms with Crippen molar-refractivity contribution in [1.29, 1.82) is 0 Å². The Morgan fingerprint density at radius 1 is 1.15 bits per heavy atom. The molecule has 1 saturated heterocycles. The minimum atomic E-state index is 0.739. The molecule has 1 aromatic rings. The van der Waals surface area contributed by atoms with Gasteiger partial charge in [-0.25, -0.2) is 9.97 Å². The summed E-state index contributed by atoms with van der Waals surface area (Å²) in [6.45, 7) is 13.9. The third-order valence-electron chi connectivity index (χ3n) is 3.55. The molecule has 1 aliphatic heterocycles. The molecule has 0 saturated carbocycles. The summed E-state index contributed by atoms with van der Waals surface area (Å²) in [6.07, 6.45) is 3.87. The van der Waals surface area contributed by atoms with Crippen LogP contribution in [0.3, 0.4) is 0 Å². The smallest absolute Gasteiger partial charge is 0.225 e. The molecule has 2 heterocycles. The van der Waals surface area contributed by atoms with Crippen LogP contribution in [0.1, 0.15) is 26.3 Å². The Morgan fingerprint density at radius 2 is 1.80 bits per heavy atom. The van der Waals surface area contributed by atoms with Crippen LogP contribution in [0.25, 0.3) is 0 Å². The lowest BCUT2D eigenvalue weighted by molar-refractivity contribution is 0.230. The summed E-state index contributed by atoms with van der Waals surface area (Å²) in [6, 6.07) is 0. The number of rotatable bonds is 6. The van der Waals surface area contributed by atoms with Crippen molar-refractivity contribution < 1.29 is 0 Å². The standard InChI is InChI=1S/C15H27N5/c1-4-16-9-14-10-17-15(18-11-14)20-7-5-19(6-8-20)12-13(2)3/h10-11,13,16H,4-9,12H2,1-3H3. The van der Waals surface area contributed by atoms with Gasteiger partial charge in [0.15, 0.2) is 0 Å². The van der Waals surface area contributed by atoms with Crippen molar-refractivity contribution in [1.82, 2.24) is 20.2 Å². The van der Waals surface area contributed by atoms with Crippen molar-refractivity contribution in [3.8, 4) is 0 Å². The topological polar surface area (TPSA) is 44.3 Å². The van der Waals surface area contributed by atoms with Gasteiger partial charge >= 0.3 is 0 Å². The fourth-order valence-electron chi connectivity index (χ4n) is 2.52. The molecule has 0 aliphatic carbocycles. The van der Waals surface area contributed by atoms with E-state index in [0.717, 1.165) is 56.7 Å². The first kappa shape index (κ1) is 15.2. The molecule has 0 radical (unpaired) electrons. The molecule has 1 fully saturated rings. The highest BCUT2D eigenvalue weighted by Crippen LogP contribution is 2.11. The Bertz CT molecular complexity index is 382. The quantitative estimate of drug-likeness (QED) is 0.850. The van der Waals surface area contributed by atoms with Gasteiger partial charge in [0.2, 0.25) is 5.95 Å². The van der Waals surface area contributed by atoms with Gasteiger partial charge < -0.3 is 10.2 Å². The molecule has 5 heteroatoms. The van der Waals surface area contributed by atoms with Crippen LogP contribution in [0.4, 0.5) is 5.95 Å². The first-order valence-corrected chi connectivity index (χ1v) is 7.68. The van der Waals surface area contributed by atoms with Crippen LogP contribution in [0, 0.1) is 5.92 Å². The average Bonchev–Trinajstić information content (AvgIpc) is 2.46. The van der Waals surface area contributed by atoms with E-state index in [4.69, 9.17) is 0 Å². The van der Waals surface area contributed by atoms with E-state index in [1.54, 1.807) is 0 Å². The monoisotopic (exact) mass is 277 g/mol. The molecule has 0 unspecified atom stereocenters. The molecule has 0 spiro atoms. The van der Waals surface area contributed by atoms with E-state index >= 15 is 0 Å². The maximum Gasteiger partial charge on any atom is 0.225 e. The van der Waals surface area contributed by atoms with E-state index in [1.165, 1.54) is 6.54 Å². The molecular weight excluding hydrogens is 250 g/mol. The maximum absolute atomic E-state index is 4.50. The summed E-state index contributed by atoms with van der Waals surface area (Å²) in [5.41, 5.74) is 1.15. The van der Waals surface area contributed by atoms with Gasteiger partial charge in [0.25, 0.3) is 0 Å². The summed E-state index contributed by atoms with van der Waals surface area (Å²) in [5.74, 6) is 1.61.